The molecule has 0 aliphatic rings. The zero-order valence-corrected chi connectivity index (χ0v) is 17.6. The van der Waals surface area contributed by atoms with Crippen LogP contribution in [0.25, 0.3) is 10.2 Å². The summed E-state index contributed by atoms with van der Waals surface area (Å²) in [7, 11) is 0. The number of esters is 1. The molecule has 1 aromatic carbocycles. The van der Waals surface area contributed by atoms with Crippen molar-refractivity contribution in [3.8, 4) is 0 Å². The first-order valence-corrected chi connectivity index (χ1v) is 10.3. The molecule has 0 saturated carbocycles. The molecule has 2 aromatic heterocycles. The van der Waals surface area contributed by atoms with Gasteiger partial charge in [0.1, 0.15) is 9.71 Å². The zero-order chi connectivity index (χ0) is 21.0. The van der Waals surface area contributed by atoms with Gasteiger partial charge in [-0.1, -0.05) is 23.7 Å². The lowest BCUT2D eigenvalue weighted by molar-refractivity contribution is 0.0198. The number of carbonyl (C=O) groups is 1. The molecular weight excluding hydrogens is 416 g/mol. The molecule has 29 heavy (non-hydrogen) atoms. The average molecular weight is 437 g/mol. The van der Waals surface area contributed by atoms with Gasteiger partial charge >= 0.3 is 5.97 Å². The maximum absolute atomic E-state index is 12.8. The normalized spacial score (nSPS) is 12.3. The lowest BCUT2D eigenvalue weighted by Crippen LogP contribution is -2.29. The van der Waals surface area contributed by atoms with Crippen LogP contribution in [0.1, 0.15) is 27.7 Å². The summed E-state index contributed by atoms with van der Waals surface area (Å²) in [4.78, 5) is 30.0. The highest BCUT2D eigenvalue weighted by atomic mass is 35.5. The zero-order valence-electron chi connectivity index (χ0n) is 16.1. The van der Waals surface area contributed by atoms with Crippen molar-refractivity contribution in [2.75, 3.05) is 13.2 Å². The van der Waals surface area contributed by atoms with Crippen LogP contribution in [0.3, 0.4) is 0 Å². The van der Waals surface area contributed by atoms with Gasteiger partial charge < -0.3 is 14.6 Å². The van der Waals surface area contributed by atoms with E-state index in [9.17, 15) is 14.7 Å². The molecule has 2 heterocycles. The number of thiophene rings is 1. The predicted molar refractivity (Wildman–Crippen MR) is 112 cm³/mol. The summed E-state index contributed by atoms with van der Waals surface area (Å²) in [5, 5.41) is 11.3. The van der Waals surface area contributed by atoms with E-state index in [1.807, 2.05) is 12.1 Å². The van der Waals surface area contributed by atoms with Gasteiger partial charge in [0, 0.05) is 5.02 Å². The van der Waals surface area contributed by atoms with Gasteiger partial charge in [-0.15, -0.1) is 11.3 Å². The van der Waals surface area contributed by atoms with Crippen LogP contribution in [0, 0.1) is 6.92 Å². The van der Waals surface area contributed by atoms with E-state index in [-0.39, 0.29) is 25.3 Å². The summed E-state index contributed by atoms with van der Waals surface area (Å²) in [5.74, 6) is -0.463. The van der Waals surface area contributed by atoms with Crippen LogP contribution in [-0.4, -0.2) is 39.9 Å². The second-order valence-corrected chi connectivity index (χ2v) is 7.89. The number of ether oxygens (including phenoxy) is 2. The Bertz CT molecular complexity index is 1060. The summed E-state index contributed by atoms with van der Waals surface area (Å²) in [5.41, 5.74) is 1.17. The van der Waals surface area contributed by atoms with Gasteiger partial charge in [-0.3, -0.25) is 9.36 Å². The van der Waals surface area contributed by atoms with E-state index in [4.69, 9.17) is 21.1 Å². The third-order valence-corrected chi connectivity index (χ3v) is 5.71. The molecule has 0 aliphatic heterocycles. The van der Waals surface area contributed by atoms with Crippen molar-refractivity contribution in [1.82, 2.24) is 9.55 Å². The number of benzene rings is 1. The minimum absolute atomic E-state index is 0.0341. The van der Waals surface area contributed by atoms with Gasteiger partial charge in [0.2, 0.25) is 0 Å². The number of hydrogen-bond donors (Lipinski definition) is 1. The summed E-state index contributed by atoms with van der Waals surface area (Å²) in [6, 6.07) is 7.23. The Kier molecular flexibility index (Phi) is 7.02. The number of halogens is 1. The molecule has 0 spiro atoms. The lowest BCUT2D eigenvalue weighted by atomic mass is 10.2. The van der Waals surface area contributed by atoms with E-state index in [1.54, 1.807) is 26.0 Å². The highest BCUT2D eigenvalue weighted by molar-refractivity contribution is 7.20. The monoisotopic (exact) mass is 436 g/mol. The first kappa shape index (κ1) is 21.4. The first-order valence-electron chi connectivity index (χ1n) is 9.06. The van der Waals surface area contributed by atoms with Crippen LogP contribution < -0.4 is 5.56 Å². The van der Waals surface area contributed by atoms with E-state index < -0.39 is 12.1 Å². The summed E-state index contributed by atoms with van der Waals surface area (Å²) in [6.45, 7) is 4.10. The maximum Gasteiger partial charge on any atom is 0.348 e. The highest BCUT2D eigenvalue weighted by Gasteiger charge is 2.20. The van der Waals surface area contributed by atoms with Gasteiger partial charge in [0.25, 0.3) is 5.56 Å². The number of aliphatic hydroxyl groups excluding tert-OH is 1. The molecule has 1 atom stereocenters. The standard InChI is InChI=1S/C20H21ClN2O5S/c1-3-28-20(26)17-12(2)16-18(29-17)22-11-23(19(16)25)8-15(24)10-27-9-13-4-6-14(21)7-5-13/h4-7,11,15,24H,3,8-10H2,1-2H3/t15-/m0/s1. The summed E-state index contributed by atoms with van der Waals surface area (Å²) in [6.07, 6.45) is 0.487. The van der Waals surface area contributed by atoms with E-state index in [0.29, 0.717) is 32.3 Å². The molecule has 7 nitrogen and oxygen atoms in total. The van der Waals surface area contributed by atoms with Crippen molar-refractivity contribution in [2.45, 2.75) is 33.1 Å². The van der Waals surface area contributed by atoms with E-state index in [1.165, 1.54) is 10.9 Å². The van der Waals surface area contributed by atoms with Gasteiger partial charge in [-0.2, -0.15) is 0 Å². The number of rotatable bonds is 8. The van der Waals surface area contributed by atoms with E-state index in [0.717, 1.165) is 16.9 Å². The van der Waals surface area contributed by atoms with Crippen LogP contribution in [0.5, 0.6) is 0 Å². The van der Waals surface area contributed by atoms with Crippen LogP contribution in [-0.2, 0) is 22.6 Å². The second-order valence-electron chi connectivity index (χ2n) is 6.45. The first-order chi connectivity index (χ1) is 13.9. The van der Waals surface area contributed by atoms with Crippen molar-refractivity contribution in [3.63, 3.8) is 0 Å². The van der Waals surface area contributed by atoms with E-state index >= 15 is 0 Å². The van der Waals surface area contributed by atoms with Crippen molar-refractivity contribution in [2.24, 2.45) is 0 Å². The number of aromatic nitrogens is 2. The molecule has 0 saturated heterocycles. The Hall–Kier alpha value is -2.26. The molecule has 9 heteroatoms. The SMILES string of the molecule is CCOC(=O)c1sc2ncn(C[C@H](O)COCc3ccc(Cl)cc3)c(=O)c2c1C. The lowest BCUT2D eigenvalue weighted by Gasteiger charge is -2.13. The minimum atomic E-state index is -0.886. The van der Waals surface area contributed by atoms with E-state index in [2.05, 4.69) is 4.98 Å². The third kappa shape index (κ3) is 5.02. The minimum Gasteiger partial charge on any atom is -0.462 e. The summed E-state index contributed by atoms with van der Waals surface area (Å²) < 4.78 is 11.9. The van der Waals surface area contributed by atoms with Crippen LogP contribution in [0.15, 0.2) is 35.4 Å². The van der Waals surface area contributed by atoms with Gasteiger partial charge in [-0.05, 0) is 37.1 Å². The van der Waals surface area contributed by atoms with Crippen LogP contribution in [0.2, 0.25) is 5.02 Å². The second kappa shape index (κ2) is 9.49. The Labute approximate surface area is 176 Å². The maximum atomic E-state index is 12.8. The molecule has 154 valence electrons. The van der Waals surface area contributed by atoms with Crippen molar-refractivity contribution in [3.05, 3.63) is 62.0 Å². The number of carbonyl (C=O) groups excluding carboxylic acids is 1. The highest BCUT2D eigenvalue weighted by Crippen LogP contribution is 2.27. The molecule has 1 N–H and O–H groups in total. The van der Waals surface area contributed by atoms with Crippen molar-refractivity contribution >= 4 is 39.1 Å². The molecule has 0 radical (unpaired) electrons. The molecular formula is C20H21ClN2O5S. The summed E-state index contributed by atoms with van der Waals surface area (Å²) >= 11 is 6.97. The Morgan fingerprint density at radius 1 is 1.34 bits per heavy atom. The smallest absolute Gasteiger partial charge is 0.348 e. The molecule has 0 fully saturated rings. The molecule has 3 rings (SSSR count). The average Bonchev–Trinajstić information content (AvgIpc) is 3.03. The van der Waals surface area contributed by atoms with Crippen LogP contribution >= 0.6 is 22.9 Å². The Morgan fingerprint density at radius 3 is 2.76 bits per heavy atom. The Morgan fingerprint density at radius 2 is 2.07 bits per heavy atom. The fourth-order valence-electron chi connectivity index (χ4n) is 2.85. The van der Waals surface area contributed by atoms with Gasteiger partial charge in [-0.25, -0.2) is 9.78 Å². The molecule has 0 amide bonds. The fraction of sp³-hybridized carbons (Fsp3) is 0.350. The third-order valence-electron chi connectivity index (χ3n) is 4.28. The van der Waals surface area contributed by atoms with Gasteiger partial charge in [0.05, 0.1) is 44.2 Å². The van der Waals surface area contributed by atoms with Gasteiger partial charge in [0.15, 0.2) is 0 Å². The molecule has 0 unspecified atom stereocenters. The van der Waals surface area contributed by atoms with Crippen molar-refractivity contribution < 1.29 is 19.4 Å². The molecule has 0 aliphatic carbocycles. The number of hydrogen-bond acceptors (Lipinski definition) is 7. The topological polar surface area (TPSA) is 90.7 Å². The quantitative estimate of drug-likeness (QED) is 0.545. The van der Waals surface area contributed by atoms with Crippen molar-refractivity contribution in [1.29, 1.82) is 0 Å². The number of aryl methyl sites for hydroxylation is 1. The molecule has 0 bridgehead atoms. The number of aliphatic hydroxyl groups is 1. The van der Waals surface area contributed by atoms with Crippen LogP contribution in [0.4, 0.5) is 0 Å². The largest absolute Gasteiger partial charge is 0.462 e. The number of nitrogens with zero attached hydrogens (tertiary/aromatic N) is 2. The number of fused-ring (bicyclic) bond motifs is 1. The predicted octanol–water partition coefficient (Wildman–Crippen LogP) is 3.17. The molecule has 3 aromatic rings. The Balaban J connectivity index is 1.68. The fourth-order valence-corrected chi connectivity index (χ4v) is 4.01.